The van der Waals surface area contributed by atoms with E-state index in [-0.39, 0.29) is 0 Å². The van der Waals surface area contributed by atoms with E-state index in [2.05, 4.69) is 90.3 Å². The van der Waals surface area contributed by atoms with Crippen molar-refractivity contribution in [2.45, 2.75) is 86.1 Å². The lowest BCUT2D eigenvalue weighted by atomic mass is 9.94. The van der Waals surface area contributed by atoms with E-state index in [0.717, 1.165) is 59.5 Å². The Morgan fingerprint density at radius 2 is 1.22 bits per heavy atom. The van der Waals surface area contributed by atoms with Crippen molar-refractivity contribution in [2.24, 2.45) is 17.8 Å². The van der Waals surface area contributed by atoms with Crippen LogP contribution in [0, 0.1) is 17.8 Å². The zero-order valence-electron chi connectivity index (χ0n) is 24.2. The molecule has 0 saturated carbocycles. The third-order valence-corrected chi connectivity index (χ3v) is 7.32. The van der Waals surface area contributed by atoms with Crippen molar-refractivity contribution in [1.29, 1.82) is 0 Å². The van der Waals surface area contributed by atoms with Gasteiger partial charge in [0.2, 0.25) is 0 Å². The van der Waals surface area contributed by atoms with Gasteiger partial charge in [-0.1, -0.05) is 97.6 Å². The van der Waals surface area contributed by atoms with Crippen LogP contribution in [0.1, 0.15) is 91.5 Å². The lowest BCUT2D eigenvalue weighted by Crippen LogP contribution is -2.28. The zero-order chi connectivity index (χ0) is 27.5. The minimum atomic E-state index is 0.350. The molecule has 0 aromatic carbocycles. The number of rotatable bonds is 16. The first-order valence-electron chi connectivity index (χ1n) is 13.9. The minimum Gasteiger partial charge on any atom is -0.381 e. The summed E-state index contributed by atoms with van der Waals surface area (Å²) >= 11 is 0. The van der Waals surface area contributed by atoms with Crippen molar-refractivity contribution in [3.05, 3.63) is 85.5 Å². The Morgan fingerprint density at radius 1 is 0.676 bits per heavy atom. The van der Waals surface area contributed by atoms with Gasteiger partial charge in [-0.2, -0.15) is 0 Å². The molecule has 1 N–H and O–H groups in total. The molecule has 0 fully saturated rings. The van der Waals surface area contributed by atoms with Crippen molar-refractivity contribution in [3.8, 4) is 11.1 Å². The molecule has 2 aromatic heterocycles. The van der Waals surface area contributed by atoms with E-state index in [1.165, 1.54) is 24.0 Å². The largest absolute Gasteiger partial charge is 0.381 e. The predicted molar refractivity (Wildman–Crippen MR) is 163 cm³/mol. The van der Waals surface area contributed by atoms with Gasteiger partial charge in [0.1, 0.15) is 0 Å². The third-order valence-electron chi connectivity index (χ3n) is 7.32. The van der Waals surface area contributed by atoms with Gasteiger partial charge in [-0.15, -0.1) is 0 Å². The quantitative estimate of drug-likeness (QED) is 0.184. The van der Waals surface area contributed by atoms with Crippen LogP contribution in [0.2, 0.25) is 0 Å². The van der Waals surface area contributed by atoms with Crippen molar-refractivity contribution in [1.82, 2.24) is 15.3 Å². The van der Waals surface area contributed by atoms with E-state index in [4.69, 9.17) is 4.98 Å². The summed E-state index contributed by atoms with van der Waals surface area (Å²) < 4.78 is 0. The van der Waals surface area contributed by atoms with Gasteiger partial charge in [-0.3, -0.25) is 9.97 Å². The first kappa shape index (κ1) is 30.3. The maximum Gasteiger partial charge on any atom is 0.0855 e. The van der Waals surface area contributed by atoms with Crippen molar-refractivity contribution in [3.63, 3.8) is 0 Å². The molecule has 0 spiro atoms. The van der Waals surface area contributed by atoms with Gasteiger partial charge in [-0.05, 0) is 67.6 Å². The molecule has 3 heteroatoms. The molecule has 0 bridgehead atoms. The molecule has 200 valence electrons. The normalized spacial score (nSPS) is 12.1. The maximum absolute atomic E-state index is 4.72. The lowest BCUT2D eigenvalue weighted by molar-refractivity contribution is 0.476. The average molecular weight is 500 g/mol. The highest BCUT2D eigenvalue weighted by molar-refractivity contribution is 5.68. The minimum absolute atomic E-state index is 0.350. The molecule has 0 amide bonds. The number of hydrogen-bond donors (Lipinski definition) is 1. The number of hydrogen-bond acceptors (Lipinski definition) is 3. The fraction of sp³-hybridized carbons (Fsp3) is 0.471. The highest BCUT2D eigenvalue weighted by Crippen LogP contribution is 2.25. The van der Waals surface area contributed by atoms with E-state index >= 15 is 0 Å². The summed E-state index contributed by atoms with van der Waals surface area (Å²) in [6.07, 6.45) is 10.4. The molecule has 1 unspecified atom stereocenters. The molecule has 0 aliphatic carbocycles. The lowest BCUT2D eigenvalue weighted by Gasteiger charge is -2.23. The summed E-state index contributed by atoms with van der Waals surface area (Å²) in [7, 11) is 0. The van der Waals surface area contributed by atoms with Crippen LogP contribution in [0.4, 0.5) is 0 Å². The summed E-state index contributed by atoms with van der Waals surface area (Å²) in [5.74, 6) is 1.45. The Labute approximate surface area is 226 Å². The van der Waals surface area contributed by atoms with Crippen LogP contribution in [0.15, 0.2) is 74.1 Å². The molecule has 2 rings (SSSR count). The van der Waals surface area contributed by atoms with Gasteiger partial charge >= 0.3 is 0 Å². The van der Waals surface area contributed by atoms with Crippen LogP contribution in [-0.4, -0.2) is 16.0 Å². The molecule has 0 saturated heterocycles. The molecule has 0 aliphatic heterocycles. The second-order valence-electron chi connectivity index (χ2n) is 11.3. The number of nitrogens with one attached hydrogen (secondary N) is 1. The van der Waals surface area contributed by atoms with Gasteiger partial charge in [0.05, 0.1) is 17.1 Å². The zero-order valence-corrected chi connectivity index (χ0v) is 24.2. The molecule has 1 atom stereocenters. The molecule has 3 nitrogen and oxygen atoms in total. The van der Waals surface area contributed by atoms with Crippen molar-refractivity contribution < 1.29 is 0 Å². The monoisotopic (exact) mass is 499 g/mol. The van der Waals surface area contributed by atoms with Crippen LogP contribution in [0.3, 0.4) is 0 Å². The van der Waals surface area contributed by atoms with Gasteiger partial charge in [0.15, 0.2) is 0 Å². The second kappa shape index (κ2) is 14.7. The smallest absolute Gasteiger partial charge is 0.0855 e. The third kappa shape index (κ3) is 9.80. The summed E-state index contributed by atoms with van der Waals surface area (Å²) in [4.78, 5) is 9.33. The topological polar surface area (TPSA) is 37.8 Å². The van der Waals surface area contributed by atoms with Gasteiger partial charge < -0.3 is 5.32 Å². The first-order valence-corrected chi connectivity index (χ1v) is 13.9. The Kier molecular flexibility index (Phi) is 12.0. The van der Waals surface area contributed by atoms with Crippen LogP contribution in [-0.2, 0) is 0 Å². The number of nitrogens with zero attached hydrogens (tertiary/aromatic N) is 2. The van der Waals surface area contributed by atoms with Gasteiger partial charge in [0, 0.05) is 29.6 Å². The van der Waals surface area contributed by atoms with Crippen LogP contribution in [0.25, 0.3) is 22.4 Å². The Bertz CT molecular complexity index is 1040. The highest BCUT2D eigenvalue weighted by Gasteiger charge is 2.14. The molecule has 2 heterocycles. The van der Waals surface area contributed by atoms with E-state index in [0.29, 0.717) is 23.8 Å². The van der Waals surface area contributed by atoms with Crippen LogP contribution < -0.4 is 5.32 Å². The summed E-state index contributed by atoms with van der Waals surface area (Å²) in [5, 5.41) is 3.69. The Balaban J connectivity index is 2.02. The van der Waals surface area contributed by atoms with Gasteiger partial charge in [0.25, 0.3) is 0 Å². The van der Waals surface area contributed by atoms with E-state index in [1.807, 2.05) is 24.5 Å². The van der Waals surface area contributed by atoms with Crippen LogP contribution in [0.5, 0.6) is 0 Å². The Hall–Kier alpha value is -2.94. The Morgan fingerprint density at radius 3 is 1.70 bits per heavy atom. The molecule has 37 heavy (non-hydrogen) atoms. The second-order valence-corrected chi connectivity index (χ2v) is 11.3. The number of unbranched alkanes of at least 4 members (excludes halogenated alkanes) is 1. The number of pyridine rings is 2. The SMILES string of the molecule is C=C(NC(CCCCC(=C)C(C)C)CCC(=C)C(C)C)c1ccc(-c2ccc(C(=C)C(C)C)nc2)cn1. The fourth-order valence-electron chi connectivity index (χ4n) is 4.08. The standard InChI is InChI=1S/C34H49N3/c1-23(2)26(7)13-11-12-14-32(18-15-27(8)24(3)4)37-29(10)34-20-17-31(22-36-34)30-16-19-33(35-21-30)28(9)25(5)6/h16-17,19-25,32,37H,7-15,18H2,1-6H3. The number of aromatic nitrogens is 2. The van der Waals surface area contributed by atoms with Crippen molar-refractivity contribution in [2.75, 3.05) is 0 Å². The summed E-state index contributed by atoms with van der Waals surface area (Å²) in [5.41, 5.74) is 8.50. The molecular weight excluding hydrogens is 450 g/mol. The first-order chi connectivity index (χ1) is 17.5. The predicted octanol–water partition coefficient (Wildman–Crippen LogP) is 9.51. The molecule has 2 aromatic rings. The fourth-order valence-corrected chi connectivity index (χ4v) is 4.08. The molecular formula is C34H49N3. The average Bonchev–Trinajstić information content (AvgIpc) is 2.88. The van der Waals surface area contributed by atoms with E-state index < -0.39 is 0 Å². The summed E-state index contributed by atoms with van der Waals surface area (Å²) in [6, 6.07) is 8.62. The number of allylic oxidation sites excluding steroid dienone is 3. The van der Waals surface area contributed by atoms with Crippen LogP contribution >= 0.6 is 0 Å². The van der Waals surface area contributed by atoms with E-state index in [1.54, 1.807) is 0 Å². The molecule has 0 radical (unpaired) electrons. The van der Waals surface area contributed by atoms with Crippen molar-refractivity contribution >= 4 is 11.3 Å². The summed E-state index contributed by atoms with van der Waals surface area (Å²) in [6.45, 7) is 30.1. The van der Waals surface area contributed by atoms with E-state index in [9.17, 15) is 0 Å². The molecule has 0 aliphatic rings. The van der Waals surface area contributed by atoms with Gasteiger partial charge in [-0.25, -0.2) is 0 Å². The highest BCUT2D eigenvalue weighted by atomic mass is 14.9. The maximum atomic E-state index is 4.72.